The summed E-state index contributed by atoms with van der Waals surface area (Å²) in [6.45, 7) is 7.71. The zero-order chi connectivity index (χ0) is 22.0. The predicted octanol–water partition coefficient (Wildman–Crippen LogP) is 4.55. The van der Waals surface area contributed by atoms with Crippen LogP contribution in [0.4, 0.5) is 0 Å². The van der Waals surface area contributed by atoms with Crippen LogP contribution in [0.25, 0.3) is 0 Å². The van der Waals surface area contributed by atoms with Crippen molar-refractivity contribution in [3.63, 3.8) is 0 Å². The van der Waals surface area contributed by atoms with Gasteiger partial charge in [0.15, 0.2) is 0 Å². The molecular formula is C27H34N3O+. The summed E-state index contributed by atoms with van der Waals surface area (Å²) >= 11 is 0. The average molecular weight is 417 g/mol. The topological polar surface area (TPSA) is 51.9 Å². The zero-order valence-corrected chi connectivity index (χ0v) is 18.9. The van der Waals surface area contributed by atoms with Crippen molar-refractivity contribution in [1.29, 1.82) is 0 Å². The Bertz CT molecular complexity index is 984. The van der Waals surface area contributed by atoms with Crippen LogP contribution in [0.2, 0.25) is 0 Å². The molecule has 0 spiro atoms. The molecule has 2 atom stereocenters. The molecule has 0 radical (unpaired) electrons. The van der Waals surface area contributed by atoms with Crippen LogP contribution < -0.4 is 10.3 Å². The van der Waals surface area contributed by atoms with Gasteiger partial charge in [0.25, 0.3) is 5.82 Å². The van der Waals surface area contributed by atoms with Crippen molar-refractivity contribution in [3.05, 3.63) is 90.0 Å². The first-order chi connectivity index (χ1) is 14.9. The number of hydrogen-bond acceptors (Lipinski definition) is 1. The van der Waals surface area contributed by atoms with E-state index in [2.05, 4.69) is 66.6 Å². The lowest BCUT2D eigenvalue weighted by atomic mass is 9.64. The molecule has 1 aliphatic rings. The van der Waals surface area contributed by atoms with E-state index in [4.69, 9.17) is 5.73 Å². The van der Waals surface area contributed by atoms with Crippen LogP contribution in [0.1, 0.15) is 56.1 Å². The molecule has 1 aliphatic carbocycles. The van der Waals surface area contributed by atoms with E-state index in [1.54, 1.807) is 0 Å². The number of imidazole rings is 1. The van der Waals surface area contributed by atoms with Crippen molar-refractivity contribution >= 4 is 5.91 Å². The fourth-order valence-corrected chi connectivity index (χ4v) is 5.62. The van der Waals surface area contributed by atoms with Crippen LogP contribution in [0.5, 0.6) is 0 Å². The highest BCUT2D eigenvalue weighted by Crippen LogP contribution is 2.49. The van der Waals surface area contributed by atoms with Crippen molar-refractivity contribution in [2.24, 2.45) is 17.6 Å². The molecule has 1 aromatic heterocycles. The van der Waals surface area contributed by atoms with E-state index in [9.17, 15) is 4.79 Å². The van der Waals surface area contributed by atoms with E-state index in [-0.39, 0.29) is 11.8 Å². The number of carbonyl (C=O) groups is 1. The van der Waals surface area contributed by atoms with Gasteiger partial charge in [0, 0.05) is 6.92 Å². The third-order valence-corrected chi connectivity index (χ3v) is 7.02. The average Bonchev–Trinajstić information content (AvgIpc) is 3.37. The number of amides is 1. The molecule has 2 aromatic carbocycles. The molecule has 3 aromatic rings. The molecule has 1 saturated carbocycles. The van der Waals surface area contributed by atoms with Gasteiger partial charge in [0.2, 0.25) is 5.91 Å². The molecule has 2 N–H and O–H groups in total. The van der Waals surface area contributed by atoms with Gasteiger partial charge in [-0.05, 0) is 42.2 Å². The second kappa shape index (κ2) is 8.70. The molecule has 0 saturated heterocycles. The summed E-state index contributed by atoms with van der Waals surface area (Å²) in [5.41, 5.74) is 7.42. The maximum absolute atomic E-state index is 13.3. The number of primary amides is 1. The second-order valence-electron chi connectivity index (χ2n) is 9.37. The molecule has 0 bridgehead atoms. The molecular weight excluding hydrogens is 382 g/mol. The summed E-state index contributed by atoms with van der Waals surface area (Å²) in [6.07, 6.45) is 7.36. The van der Waals surface area contributed by atoms with Gasteiger partial charge < -0.3 is 5.73 Å². The first-order valence-corrected chi connectivity index (χ1v) is 11.4. The fraction of sp³-hybridized carbons (Fsp3) is 0.407. The molecule has 0 unspecified atom stereocenters. The smallest absolute Gasteiger partial charge is 0.253 e. The van der Waals surface area contributed by atoms with E-state index in [1.807, 2.05) is 36.4 Å². The van der Waals surface area contributed by atoms with Crippen LogP contribution in [-0.4, -0.2) is 10.5 Å². The minimum absolute atomic E-state index is 0.153. The molecule has 31 heavy (non-hydrogen) atoms. The third kappa shape index (κ3) is 3.80. The predicted molar refractivity (Wildman–Crippen MR) is 123 cm³/mol. The minimum atomic E-state index is -0.813. The maximum atomic E-state index is 13.3. The Kier molecular flexibility index (Phi) is 5.99. The van der Waals surface area contributed by atoms with Crippen molar-refractivity contribution in [2.75, 3.05) is 0 Å². The number of nitrogens with zero attached hydrogens (tertiary/aromatic N) is 2. The van der Waals surface area contributed by atoms with Crippen LogP contribution in [0.15, 0.2) is 73.1 Å². The molecule has 4 nitrogen and oxygen atoms in total. The standard InChI is InChI=1S/C27H33N3O/c1-20(2)19-29-16-17-30(21(29)3)25-15-14-24(18-25)27(26(28)31,22-10-6-4-7-11-22)23-12-8-5-9-13-23/h4-13,16-17,20,24-25H,14-15,18-19H2,1-3H3,(H-,28,31)/p+1/t24-,25+/m1/s1. The maximum Gasteiger partial charge on any atom is 0.253 e. The van der Waals surface area contributed by atoms with Gasteiger partial charge in [-0.15, -0.1) is 0 Å². The van der Waals surface area contributed by atoms with Crippen LogP contribution in [-0.2, 0) is 16.8 Å². The van der Waals surface area contributed by atoms with Crippen LogP contribution in [0, 0.1) is 18.8 Å². The summed E-state index contributed by atoms with van der Waals surface area (Å²) in [7, 11) is 0. The molecule has 4 rings (SSSR count). The Morgan fingerprint density at radius 3 is 2.16 bits per heavy atom. The SMILES string of the molecule is Cc1n([C@H]2CC[C@@H](C(C(N)=O)(c3ccccc3)c3ccccc3)C2)cc[n+]1CC(C)C. The monoisotopic (exact) mass is 416 g/mol. The molecule has 1 amide bonds. The highest BCUT2D eigenvalue weighted by Gasteiger charge is 2.51. The van der Waals surface area contributed by atoms with Crippen LogP contribution >= 0.6 is 0 Å². The van der Waals surface area contributed by atoms with Gasteiger partial charge >= 0.3 is 0 Å². The first-order valence-electron chi connectivity index (χ1n) is 11.4. The van der Waals surface area contributed by atoms with E-state index < -0.39 is 5.41 Å². The summed E-state index contributed by atoms with van der Waals surface area (Å²) in [4.78, 5) is 13.3. The number of nitrogens with two attached hydrogens (primary N) is 1. The Balaban J connectivity index is 1.73. The van der Waals surface area contributed by atoms with E-state index >= 15 is 0 Å². The number of rotatable bonds is 7. The first kappa shape index (κ1) is 21.4. The third-order valence-electron chi connectivity index (χ3n) is 7.02. The van der Waals surface area contributed by atoms with E-state index in [0.29, 0.717) is 12.0 Å². The Morgan fingerprint density at radius 2 is 1.65 bits per heavy atom. The van der Waals surface area contributed by atoms with Crippen molar-refractivity contribution in [2.45, 2.75) is 58.0 Å². The van der Waals surface area contributed by atoms with Crippen molar-refractivity contribution in [3.8, 4) is 0 Å². The highest BCUT2D eigenvalue weighted by molar-refractivity contribution is 5.91. The number of carbonyl (C=O) groups excluding carboxylic acids is 1. The quantitative estimate of drug-likeness (QED) is 0.564. The Hall–Kier alpha value is -2.88. The fourth-order valence-electron chi connectivity index (χ4n) is 5.62. The van der Waals surface area contributed by atoms with Gasteiger partial charge in [-0.1, -0.05) is 74.5 Å². The molecule has 1 heterocycles. The van der Waals surface area contributed by atoms with Crippen molar-refractivity contribution < 1.29 is 9.36 Å². The number of aromatic nitrogens is 2. The van der Waals surface area contributed by atoms with Gasteiger partial charge in [-0.2, -0.15) is 0 Å². The molecule has 0 aliphatic heterocycles. The lowest BCUT2D eigenvalue weighted by Gasteiger charge is -2.37. The largest absolute Gasteiger partial charge is 0.369 e. The van der Waals surface area contributed by atoms with E-state index in [1.165, 1.54) is 5.82 Å². The van der Waals surface area contributed by atoms with Crippen molar-refractivity contribution in [1.82, 2.24) is 4.57 Å². The second-order valence-corrected chi connectivity index (χ2v) is 9.37. The molecule has 162 valence electrons. The van der Waals surface area contributed by atoms with E-state index in [0.717, 1.165) is 36.9 Å². The lowest BCUT2D eigenvalue weighted by Crippen LogP contribution is -2.47. The molecule has 4 heteroatoms. The Labute approximate surface area is 185 Å². The van der Waals surface area contributed by atoms with Gasteiger partial charge in [0.1, 0.15) is 23.9 Å². The summed E-state index contributed by atoms with van der Waals surface area (Å²) < 4.78 is 4.75. The normalized spacial score (nSPS) is 19.1. The minimum Gasteiger partial charge on any atom is -0.369 e. The highest BCUT2D eigenvalue weighted by atomic mass is 16.1. The van der Waals surface area contributed by atoms with Gasteiger partial charge in [-0.3, -0.25) is 4.79 Å². The zero-order valence-electron chi connectivity index (χ0n) is 18.9. The molecule has 1 fully saturated rings. The van der Waals surface area contributed by atoms with Gasteiger partial charge in [-0.25, -0.2) is 9.13 Å². The Morgan fingerprint density at radius 1 is 1.06 bits per heavy atom. The number of hydrogen-bond donors (Lipinski definition) is 1. The summed E-state index contributed by atoms with van der Waals surface area (Å²) in [5.74, 6) is 1.78. The lowest BCUT2D eigenvalue weighted by molar-refractivity contribution is -0.707. The van der Waals surface area contributed by atoms with Crippen LogP contribution in [0.3, 0.4) is 0 Å². The van der Waals surface area contributed by atoms with Gasteiger partial charge in [0.05, 0.1) is 6.54 Å². The summed E-state index contributed by atoms with van der Waals surface area (Å²) in [6, 6.07) is 20.6. The summed E-state index contributed by atoms with van der Waals surface area (Å²) in [5, 5.41) is 0. The number of benzene rings is 2.